The van der Waals surface area contributed by atoms with E-state index in [4.69, 9.17) is 14.6 Å². The highest BCUT2D eigenvalue weighted by Crippen LogP contribution is 2.23. The molecule has 5 atom stereocenters. The second-order valence-electron chi connectivity index (χ2n) is 4.51. The predicted molar refractivity (Wildman–Crippen MR) is 66.2 cm³/mol. The third-order valence-electron chi connectivity index (χ3n) is 3.05. The van der Waals surface area contributed by atoms with Crippen LogP contribution < -0.4 is 0 Å². The van der Waals surface area contributed by atoms with E-state index in [1.807, 2.05) is 0 Å². The quantitative estimate of drug-likeness (QED) is 0.508. The molecule has 0 bridgehead atoms. The van der Waals surface area contributed by atoms with Crippen LogP contribution in [0.4, 0.5) is 0 Å². The second kappa shape index (κ2) is 6.19. The number of carboxylic acid groups (broad SMARTS) is 1. The average Bonchev–Trinajstić information content (AvgIpc) is 2.48. The number of hydrogen-bond donors (Lipinski definition) is 4. The number of carboxylic acids is 1. The number of ether oxygens (including phenoxy) is 2. The summed E-state index contributed by atoms with van der Waals surface area (Å²) in [5.41, 5.74) is 0.167. The number of rotatable bonds is 3. The smallest absolute Gasteiger partial charge is 0.340 e. The molecule has 1 aromatic rings. The molecule has 8 heteroatoms. The Morgan fingerprint density at radius 3 is 2.19 bits per heavy atom. The van der Waals surface area contributed by atoms with Gasteiger partial charge in [0.25, 0.3) is 0 Å². The van der Waals surface area contributed by atoms with Crippen LogP contribution in [0.1, 0.15) is 10.4 Å². The third kappa shape index (κ3) is 3.19. The summed E-state index contributed by atoms with van der Waals surface area (Å²) in [5, 5.41) is 37.6. The van der Waals surface area contributed by atoms with Crippen molar-refractivity contribution >= 4 is 11.9 Å². The summed E-state index contributed by atoms with van der Waals surface area (Å²) >= 11 is 0. The average molecular weight is 298 g/mol. The highest BCUT2D eigenvalue weighted by Gasteiger charge is 2.48. The zero-order chi connectivity index (χ0) is 15.6. The van der Waals surface area contributed by atoms with Gasteiger partial charge in [-0.1, -0.05) is 18.2 Å². The number of hydrogen-bond acceptors (Lipinski definition) is 7. The van der Waals surface area contributed by atoms with Crippen molar-refractivity contribution in [1.82, 2.24) is 0 Å². The van der Waals surface area contributed by atoms with E-state index in [1.165, 1.54) is 12.1 Å². The molecule has 1 aliphatic heterocycles. The molecule has 0 aromatic heterocycles. The van der Waals surface area contributed by atoms with Crippen LogP contribution in [0.25, 0.3) is 0 Å². The number of esters is 1. The van der Waals surface area contributed by atoms with Gasteiger partial charge in [0.05, 0.1) is 5.56 Å². The number of aliphatic hydroxyl groups excluding tert-OH is 3. The lowest BCUT2D eigenvalue weighted by Crippen LogP contribution is -2.60. The fourth-order valence-corrected chi connectivity index (χ4v) is 1.90. The lowest BCUT2D eigenvalue weighted by molar-refractivity contribution is -0.278. The van der Waals surface area contributed by atoms with Crippen molar-refractivity contribution in [3.05, 3.63) is 35.9 Å². The molecule has 0 amide bonds. The molecule has 0 spiro atoms. The first-order chi connectivity index (χ1) is 9.91. The molecule has 1 aromatic carbocycles. The molecule has 4 N–H and O–H groups in total. The normalized spacial score (nSPS) is 32.4. The Hall–Kier alpha value is -2.00. The number of benzene rings is 1. The van der Waals surface area contributed by atoms with E-state index >= 15 is 0 Å². The maximum atomic E-state index is 11.8. The van der Waals surface area contributed by atoms with E-state index in [1.54, 1.807) is 18.2 Å². The molecule has 0 radical (unpaired) electrons. The molecule has 1 saturated heterocycles. The van der Waals surface area contributed by atoms with Gasteiger partial charge in [-0.2, -0.15) is 0 Å². The standard InChI is InChI=1S/C13H14O8/c14-7-8(15)10(11(17)18)20-13(9(7)16)21-12(19)6-4-2-1-3-5-6/h1-5,7-10,13-16H,(H,17,18). The van der Waals surface area contributed by atoms with Gasteiger partial charge in [0, 0.05) is 0 Å². The maximum Gasteiger partial charge on any atom is 0.340 e. The summed E-state index contributed by atoms with van der Waals surface area (Å²) in [7, 11) is 0. The third-order valence-corrected chi connectivity index (χ3v) is 3.05. The van der Waals surface area contributed by atoms with Gasteiger partial charge in [0.1, 0.15) is 18.3 Å². The monoisotopic (exact) mass is 298 g/mol. The van der Waals surface area contributed by atoms with Crippen molar-refractivity contribution in [1.29, 1.82) is 0 Å². The first kappa shape index (κ1) is 15.4. The number of aliphatic carboxylic acids is 1. The Bertz CT molecular complexity index is 516. The van der Waals surface area contributed by atoms with Gasteiger partial charge in [-0.05, 0) is 12.1 Å². The minimum absolute atomic E-state index is 0.167. The molecule has 8 nitrogen and oxygen atoms in total. The molecule has 21 heavy (non-hydrogen) atoms. The van der Waals surface area contributed by atoms with Crippen LogP contribution in [0.3, 0.4) is 0 Å². The van der Waals surface area contributed by atoms with Crippen LogP contribution >= 0.6 is 0 Å². The summed E-state index contributed by atoms with van der Waals surface area (Å²) in [6.07, 6.45) is -8.91. The second-order valence-corrected chi connectivity index (χ2v) is 4.51. The Morgan fingerprint density at radius 1 is 1.00 bits per heavy atom. The Balaban J connectivity index is 2.11. The zero-order valence-corrected chi connectivity index (χ0v) is 10.7. The van der Waals surface area contributed by atoms with Crippen LogP contribution in [0.15, 0.2) is 30.3 Å². The van der Waals surface area contributed by atoms with Crippen molar-refractivity contribution < 1.29 is 39.5 Å². The Morgan fingerprint density at radius 2 is 1.62 bits per heavy atom. The number of carbonyl (C=O) groups is 2. The van der Waals surface area contributed by atoms with Crippen LogP contribution in [0, 0.1) is 0 Å². The molecule has 1 aliphatic rings. The van der Waals surface area contributed by atoms with Gasteiger partial charge in [0.15, 0.2) is 6.10 Å². The fraction of sp³-hybridized carbons (Fsp3) is 0.385. The van der Waals surface area contributed by atoms with Crippen molar-refractivity contribution in [2.45, 2.75) is 30.7 Å². The molecular weight excluding hydrogens is 284 g/mol. The lowest BCUT2D eigenvalue weighted by Gasteiger charge is -2.37. The van der Waals surface area contributed by atoms with E-state index < -0.39 is 42.6 Å². The molecule has 1 heterocycles. The molecule has 1 fully saturated rings. The van der Waals surface area contributed by atoms with Crippen LogP contribution in [-0.2, 0) is 14.3 Å². The van der Waals surface area contributed by atoms with Crippen molar-refractivity contribution in [3.8, 4) is 0 Å². The van der Waals surface area contributed by atoms with Gasteiger partial charge < -0.3 is 29.9 Å². The largest absolute Gasteiger partial charge is 0.479 e. The number of carbonyl (C=O) groups excluding carboxylic acids is 1. The van der Waals surface area contributed by atoms with Gasteiger partial charge in [-0.15, -0.1) is 0 Å². The molecule has 114 valence electrons. The lowest BCUT2D eigenvalue weighted by atomic mass is 9.99. The minimum Gasteiger partial charge on any atom is -0.479 e. The van der Waals surface area contributed by atoms with Crippen molar-refractivity contribution in [2.75, 3.05) is 0 Å². The van der Waals surface area contributed by atoms with Gasteiger partial charge in [0.2, 0.25) is 6.29 Å². The van der Waals surface area contributed by atoms with Crippen LogP contribution in [0.5, 0.6) is 0 Å². The van der Waals surface area contributed by atoms with E-state index in [2.05, 4.69) is 0 Å². The number of aliphatic hydroxyl groups is 3. The minimum atomic E-state index is -1.83. The van der Waals surface area contributed by atoms with Crippen LogP contribution in [-0.4, -0.2) is 63.1 Å². The first-order valence-electron chi connectivity index (χ1n) is 6.10. The van der Waals surface area contributed by atoms with E-state index in [0.717, 1.165) is 0 Å². The molecular formula is C13H14O8. The van der Waals surface area contributed by atoms with E-state index in [-0.39, 0.29) is 5.56 Å². The fourth-order valence-electron chi connectivity index (χ4n) is 1.90. The summed E-state index contributed by atoms with van der Waals surface area (Å²) in [6, 6.07) is 7.78. The summed E-state index contributed by atoms with van der Waals surface area (Å²) < 4.78 is 9.68. The van der Waals surface area contributed by atoms with Crippen molar-refractivity contribution in [2.24, 2.45) is 0 Å². The van der Waals surface area contributed by atoms with Gasteiger partial charge in [-0.3, -0.25) is 0 Å². The zero-order valence-electron chi connectivity index (χ0n) is 10.7. The Labute approximate surface area is 119 Å². The van der Waals surface area contributed by atoms with Gasteiger partial charge >= 0.3 is 11.9 Å². The van der Waals surface area contributed by atoms with E-state index in [0.29, 0.717) is 0 Å². The summed E-state index contributed by atoms with van der Waals surface area (Å²) in [6.45, 7) is 0. The van der Waals surface area contributed by atoms with Crippen molar-refractivity contribution in [3.63, 3.8) is 0 Å². The molecule has 0 aliphatic carbocycles. The molecule has 0 saturated carbocycles. The SMILES string of the molecule is O=C(OC1OC(C(=O)O)C(O)C(O)C1O)c1ccccc1. The predicted octanol–water partition coefficient (Wildman–Crippen LogP) is -1.26. The Kier molecular flexibility index (Phi) is 4.53. The maximum absolute atomic E-state index is 11.8. The topological polar surface area (TPSA) is 134 Å². The van der Waals surface area contributed by atoms with E-state index in [9.17, 15) is 24.9 Å². The highest BCUT2D eigenvalue weighted by molar-refractivity contribution is 5.89. The van der Waals surface area contributed by atoms with Crippen LogP contribution in [0.2, 0.25) is 0 Å². The molecule has 5 unspecified atom stereocenters. The highest BCUT2D eigenvalue weighted by atomic mass is 16.7. The molecule has 2 rings (SSSR count). The van der Waals surface area contributed by atoms with Gasteiger partial charge in [-0.25, -0.2) is 9.59 Å². The summed E-state index contributed by atoms with van der Waals surface area (Å²) in [4.78, 5) is 22.7. The first-order valence-corrected chi connectivity index (χ1v) is 6.10. The summed E-state index contributed by atoms with van der Waals surface area (Å²) in [5.74, 6) is -2.40.